The number of rotatable bonds is 6. The first-order valence-corrected chi connectivity index (χ1v) is 9.31. The minimum Gasteiger partial charge on any atom is -0.489 e. The van der Waals surface area contributed by atoms with Crippen LogP contribution in [0.2, 0.25) is 0 Å². The van der Waals surface area contributed by atoms with Crippen molar-refractivity contribution in [3.8, 4) is 5.75 Å². The number of hydrogen-bond donors (Lipinski definition) is 3. The van der Waals surface area contributed by atoms with E-state index < -0.39 is 12.0 Å². The zero-order chi connectivity index (χ0) is 21.7. The van der Waals surface area contributed by atoms with E-state index in [9.17, 15) is 9.59 Å². The minimum atomic E-state index is -0.965. The van der Waals surface area contributed by atoms with Crippen molar-refractivity contribution >= 4 is 23.5 Å². The molecule has 0 aliphatic rings. The predicted molar refractivity (Wildman–Crippen MR) is 112 cm³/mol. The van der Waals surface area contributed by atoms with Gasteiger partial charge in [0, 0.05) is 17.2 Å². The number of hydrogen-bond acceptors (Lipinski definition) is 5. The summed E-state index contributed by atoms with van der Waals surface area (Å²) in [6.45, 7) is 6.28. The van der Waals surface area contributed by atoms with Crippen molar-refractivity contribution in [3.05, 3.63) is 71.5 Å². The highest BCUT2D eigenvalue weighted by molar-refractivity contribution is 5.99. The molecule has 0 aliphatic carbocycles. The summed E-state index contributed by atoms with van der Waals surface area (Å²) in [5.74, 6) is 0.672. The largest absolute Gasteiger partial charge is 0.489 e. The van der Waals surface area contributed by atoms with Gasteiger partial charge in [0.05, 0.1) is 5.56 Å². The number of carboxylic acid groups (broad SMARTS) is 1. The fraction of sp³-hybridized carbons (Fsp3) is 0.227. The lowest BCUT2D eigenvalue weighted by Gasteiger charge is -2.12. The normalized spacial score (nSPS) is 11.0. The Bertz CT molecular complexity index is 1020. The molecular weight excluding hydrogens is 386 g/mol. The predicted octanol–water partition coefficient (Wildman–Crippen LogP) is 4.89. The molecule has 3 aromatic rings. The molecule has 0 bridgehead atoms. The molecule has 0 saturated heterocycles. The van der Waals surface area contributed by atoms with E-state index in [0.29, 0.717) is 29.6 Å². The van der Waals surface area contributed by atoms with Crippen molar-refractivity contribution in [1.82, 2.24) is 5.16 Å². The molecule has 156 valence electrons. The number of carboxylic acids is 1. The lowest BCUT2D eigenvalue weighted by Crippen LogP contribution is -2.19. The molecule has 2 amide bonds. The van der Waals surface area contributed by atoms with E-state index >= 15 is 0 Å². The van der Waals surface area contributed by atoms with E-state index in [0.717, 1.165) is 5.56 Å². The number of anilines is 2. The van der Waals surface area contributed by atoms with Crippen molar-refractivity contribution < 1.29 is 24.0 Å². The number of carbonyl (C=O) groups excluding carboxylic acids is 1. The van der Waals surface area contributed by atoms with Crippen molar-refractivity contribution in [2.24, 2.45) is 0 Å². The van der Waals surface area contributed by atoms with Crippen molar-refractivity contribution in [2.75, 3.05) is 10.6 Å². The monoisotopic (exact) mass is 409 g/mol. The highest BCUT2D eigenvalue weighted by atomic mass is 16.5. The first-order valence-electron chi connectivity index (χ1n) is 9.31. The highest BCUT2D eigenvalue weighted by Gasteiger charge is 2.20. The van der Waals surface area contributed by atoms with E-state index in [1.807, 2.05) is 20.8 Å². The summed E-state index contributed by atoms with van der Waals surface area (Å²) < 4.78 is 10.9. The molecule has 3 rings (SSSR count). The number of ether oxygens (including phenoxy) is 1. The van der Waals surface area contributed by atoms with E-state index in [-0.39, 0.29) is 11.0 Å². The molecule has 0 atom stereocenters. The van der Waals surface area contributed by atoms with Gasteiger partial charge < -0.3 is 19.7 Å². The lowest BCUT2D eigenvalue weighted by molar-refractivity contribution is 0.0696. The molecule has 1 heterocycles. The maximum absolute atomic E-state index is 12.1. The molecular formula is C22H23N3O5. The van der Waals surface area contributed by atoms with Crippen LogP contribution in [-0.2, 0) is 12.0 Å². The van der Waals surface area contributed by atoms with Crippen molar-refractivity contribution in [1.29, 1.82) is 0 Å². The number of carbonyl (C=O) groups is 2. The Hall–Kier alpha value is -3.81. The molecule has 8 heteroatoms. The third-order valence-corrected chi connectivity index (χ3v) is 4.21. The Balaban J connectivity index is 1.50. The highest BCUT2D eigenvalue weighted by Crippen LogP contribution is 2.24. The van der Waals surface area contributed by atoms with Gasteiger partial charge in [-0.15, -0.1) is 0 Å². The fourth-order valence-corrected chi connectivity index (χ4v) is 2.51. The molecule has 30 heavy (non-hydrogen) atoms. The topological polar surface area (TPSA) is 114 Å². The maximum Gasteiger partial charge on any atom is 0.335 e. The summed E-state index contributed by atoms with van der Waals surface area (Å²) in [5.41, 5.74) is 1.47. The summed E-state index contributed by atoms with van der Waals surface area (Å²) in [6, 6.07) is 14.6. The van der Waals surface area contributed by atoms with Gasteiger partial charge in [0.1, 0.15) is 18.1 Å². The van der Waals surface area contributed by atoms with E-state index in [4.69, 9.17) is 14.4 Å². The summed E-state index contributed by atoms with van der Waals surface area (Å²) in [7, 11) is 0. The number of amides is 2. The first-order chi connectivity index (χ1) is 14.2. The van der Waals surface area contributed by atoms with Gasteiger partial charge >= 0.3 is 12.0 Å². The SMILES string of the molecule is CC(C)(C)c1cc(NC(=O)Nc2ccc(OCc3ccc(C(=O)O)cc3)cc2)no1. The van der Waals surface area contributed by atoms with Crippen LogP contribution in [0.25, 0.3) is 0 Å². The van der Waals surface area contributed by atoms with Crippen LogP contribution in [0.3, 0.4) is 0 Å². The number of benzene rings is 2. The van der Waals surface area contributed by atoms with Crippen LogP contribution >= 0.6 is 0 Å². The number of nitrogens with zero attached hydrogens (tertiary/aromatic N) is 1. The Morgan fingerprint density at radius 1 is 1.03 bits per heavy atom. The quantitative estimate of drug-likeness (QED) is 0.534. The molecule has 3 N–H and O–H groups in total. The van der Waals surface area contributed by atoms with Gasteiger partial charge in [0.15, 0.2) is 5.82 Å². The third kappa shape index (κ3) is 5.60. The Labute approximate surface area is 173 Å². The second kappa shape index (κ2) is 8.69. The molecule has 0 aliphatic heterocycles. The summed E-state index contributed by atoms with van der Waals surface area (Å²) in [4.78, 5) is 23.0. The minimum absolute atomic E-state index is 0.197. The summed E-state index contributed by atoms with van der Waals surface area (Å²) in [5, 5.41) is 18.1. The molecule has 0 fully saturated rings. The summed E-state index contributed by atoms with van der Waals surface area (Å²) in [6.07, 6.45) is 0. The Kier molecular flexibility index (Phi) is 6.06. The van der Waals surface area contributed by atoms with Gasteiger partial charge in [-0.2, -0.15) is 0 Å². The molecule has 8 nitrogen and oxygen atoms in total. The van der Waals surface area contributed by atoms with Crippen LogP contribution < -0.4 is 15.4 Å². The van der Waals surface area contributed by atoms with Crippen LogP contribution in [0.4, 0.5) is 16.3 Å². The number of urea groups is 1. The van der Waals surface area contributed by atoms with E-state index in [2.05, 4.69) is 15.8 Å². The van der Waals surface area contributed by atoms with Gasteiger partial charge in [-0.05, 0) is 42.0 Å². The van der Waals surface area contributed by atoms with Gasteiger partial charge in [-0.3, -0.25) is 5.32 Å². The van der Waals surface area contributed by atoms with Gasteiger partial charge in [-0.1, -0.05) is 38.1 Å². The zero-order valence-corrected chi connectivity index (χ0v) is 16.9. The molecule has 2 aromatic carbocycles. The molecule has 0 spiro atoms. The lowest BCUT2D eigenvalue weighted by atomic mass is 9.93. The summed E-state index contributed by atoms with van der Waals surface area (Å²) >= 11 is 0. The smallest absolute Gasteiger partial charge is 0.335 e. The standard InChI is InChI=1S/C22H23N3O5/c1-22(2,3)18-12-19(25-30-18)24-21(28)23-16-8-10-17(11-9-16)29-13-14-4-6-15(7-5-14)20(26)27/h4-12H,13H2,1-3H3,(H,26,27)(H2,23,24,25,28). The number of aromatic nitrogens is 1. The average molecular weight is 409 g/mol. The third-order valence-electron chi connectivity index (χ3n) is 4.21. The molecule has 0 unspecified atom stereocenters. The Morgan fingerprint density at radius 2 is 1.70 bits per heavy atom. The van der Waals surface area contributed by atoms with Gasteiger partial charge in [-0.25, -0.2) is 9.59 Å². The van der Waals surface area contributed by atoms with Crippen molar-refractivity contribution in [2.45, 2.75) is 32.8 Å². The molecule has 1 aromatic heterocycles. The number of nitrogens with one attached hydrogen (secondary N) is 2. The molecule has 0 radical (unpaired) electrons. The van der Waals surface area contributed by atoms with Crippen LogP contribution in [-0.4, -0.2) is 22.3 Å². The van der Waals surface area contributed by atoms with Crippen LogP contribution in [0, 0.1) is 0 Å². The van der Waals surface area contributed by atoms with E-state index in [1.54, 1.807) is 42.5 Å². The van der Waals surface area contributed by atoms with Crippen LogP contribution in [0.1, 0.15) is 42.5 Å². The van der Waals surface area contributed by atoms with Gasteiger partial charge in [0.25, 0.3) is 0 Å². The van der Waals surface area contributed by atoms with E-state index in [1.165, 1.54) is 12.1 Å². The maximum atomic E-state index is 12.1. The van der Waals surface area contributed by atoms with Crippen LogP contribution in [0.15, 0.2) is 59.1 Å². The van der Waals surface area contributed by atoms with Crippen LogP contribution in [0.5, 0.6) is 5.75 Å². The zero-order valence-electron chi connectivity index (χ0n) is 16.9. The number of aromatic carboxylic acids is 1. The van der Waals surface area contributed by atoms with Crippen molar-refractivity contribution in [3.63, 3.8) is 0 Å². The first kappa shape index (κ1) is 20.9. The molecule has 0 saturated carbocycles. The van der Waals surface area contributed by atoms with Gasteiger partial charge in [0.2, 0.25) is 0 Å². The Morgan fingerprint density at radius 3 is 2.27 bits per heavy atom. The fourth-order valence-electron chi connectivity index (χ4n) is 2.51. The second-order valence-corrected chi connectivity index (χ2v) is 7.72. The average Bonchev–Trinajstić information content (AvgIpc) is 3.16. The second-order valence-electron chi connectivity index (χ2n) is 7.72.